The van der Waals surface area contributed by atoms with Gasteiger partial charge in [-0.1, -0.05) is 12.1 Å². The summed E-state index contributed by atoms with van der Waals surface area (Å²) in [5, 5.41) is 7.37. The van der Waals surface area contributed by atoms with E-state index in [9.17, 15) is 4.79 Å². The Morgan fingerprint density at radius 1 is 1.45 bits per heavy atom. The molecule has 0 aliphatic carbocycles. The molecule has 2 aliphatic heterocycles. The quantitative estimate of drug-likeness (QED) is 0.916. The first kappa shape index (κ1) is 13.6. The lowest BCUT2D eigenvalue weighted by atomic mass is 9.97. The van der Waals surface area contributed by atoms with E-state index in [1.165, 1.54) is 12.8 Å². The summed E-state index contributed by atoms with van der Waals surface area (Å²) in [6, 6.07) is 1.51. The zero-order valence-corrected chi connectivity index (χ0v) is 12.3. The van der Waals surface area contributed by atoms with E-state index >= 15 is 0 Å². The summed E-state index contributed by atoms with van der Waals surface area (Å²) >= 11 is 0. The van der Waals surface area contributed by atoms with Gasteiger partial charge >= 0.3 is 0 Å². The first-order valence-electron chi connectivity index (χ1n) is 7.67. The van der Waals surface area contributed by atoms with Gasteiger partial charge in [0.15, 0.2) is 0 Å². The number of carbonyl (C=O) groups is 1. The molecule has 1 amide bonds. The molecule has 1 N–H and O–H groups in total. The van der Waals surface area contributed by atoms with Gasteiger partial charge in [-0.3, -0.25) is 4.79 Å². The van der Waals surface area contributed by atoms with Crippen molar-refractivity contribution in [1.82, 2.24) is 15.4 Å². The van der Waals surface area contributed by atoms with Crippen LogP contribution in [0.2, 0.25) is 0 Å². The fraction of sp³-hybridized carbons (Fsp3) is 0.733. The summed E-state index contributed by atoms with van der Waals surface area (Å²) in [5.41, 5.74) is 0.827. The van der Waals surface area contributed by atoms with Crippen molar-refractivity contribution in [2.45, 2.75) is 64.1 Å². The van der Waals surface area contributed by atoms with Crippen molar-refractivity contribution in [2.24, 2.45) is 0 Å². The Hall–Kier alpha value is -1.36. The number of nitrogens with one attached hydrogen (secondary N) is 1. The number of hydrogen-bond acceptors (Lipinski definition) is 4. The molecular weight excluding hydrogens is 254 g/mol. The summed E-state index contributed by atoms with van der Waals surface area (Å²) in [7, 11) is 0. The van der Waals surface area contributed by atoms with E-state index in [0.717, 1.165) is 31.4 Å². The number of piperidine rings is 1. The lowest BCUT2D eigenvalue weighted by molar-refractivity contribution is 0.0574. The number of carbonyl (C=O) groups excluding carboxylic acids is 1. The van der Waals surface area contributed by atoms with Gasteiger partial charge in [-0.05, 0) is 39.0 Å². The summed E-state index contributed by atoms with van der Waals surface area (Å²) < 4.78 is 5.16. The molecule has 1 aromatic rings. The Morgan fingerprint density at radius 2 is 2.15 bits per heavy atom. The van der Waals surface area contributed by atoms with Crippen LogP contribution in [0.3, 0.4) is 0 Å². The van der Waals surface area contributed by atoms with Gasteiger partial charge in [-0.2, -0.15) is 0 Å². The van der Waals surface area contributed by atoms with Crippen molar-refractivity contribution < 1.29 is 9.32 Å². The Morgan fingerprint density at radius 3 is 2.70 bits per heavy atom. The molecule has 5 heteroatoms. The lowest BCUT2D eigenvalue weighted by Crippen LogP contribution is -2.50. The van der Waals surface area contributed by atoms with Crippen LogP contribution in [0.5, 0.6) is 0 Å². The first-order valence-corrected chi connectivity index (χ1v) is 7.67. The third-order valence-corrected chi connectivity index (χ3v) is 4.56. The van der Waals surface area contributed by atoms with Gasteiger partial charge in [0.25, 0.3) is 5.91 Å². The Labute approximate surface area is 119 Å². The zero-order chi connectivity index (χ0) is 14.1. The maximum absolute atomic E-state index is 12.7. The van der Waals surface area contributed by atoms with Crippen LogP contribution in [0, 0.1) is 6.92 Å². The van der Waals surface area contributed by atoms with Crippen molar-refractivity contribution in [1.29, 1.82) is 0 Å². The average Bonchev–Trinajstić information content (AvgIpc) is 3.01. The Bertz CT molecular complexity index is 473. The molecule has 2 saturated heterocycles. The molecule has 1 aromatic heterocycles. The number of amides is 1. The Balaban J connectivity index is 1.78. The van der Waals surface area contributed by atoms with E-state index < -0.39 is 0 Å². The van der Waals surface area contributed by atoms with E-state index in [4.69, 9.17) is 4.52 Å². The highest BCUT2D eigenvalue weighted by Crippen LogP contribution is 2.30. The first-order chi connectivity index (χ1) is 9.69. The molecule has 20 heavy (non-hydrogen) atoms. The predicted molar refractivity (Wildman–Crippen MR) is 75.5 cm³/mol. The normalized spacial score (nSPS) is 28.6. The number of nitrogens with zero attached hydrogens (tertiary/aromatic N) is 2. The SMILES string of the molecule is CCCN(C(=O)c1oncc1C)C1CC2CCC(C1)N2. The molecule has 3 rings (SSSR count). The highest BCUT2D eigenvalue weighted by Gasteiger charge is 2.38. The molecule has 2 aliphatic rings. The summed E-state index contributed by atoms with van der Waals surface area (Å²) in [6.07, 6.45) is 7.21. The number of rotatable bonds is 4. The second kappa shape index (κ2) is 5.56. The summed E-state index contributed by atoms with van der Waals surface area (Å²) in [5.74, 6) is 0.414. The van der Waals surface area contributed by atoms with Crippen LogP contribution in [-0.2, 0) is 0 Å². The minimum Gasteiger partial charge on any atom is -0.351 e. The van der Waals surface area contributed by atoms with Gasteiger partial charge < -0.3 is 14.7 Å². The maximum Gasteiger partial charge on any atom is 0.292 e. The van der Waals surface area contributed by atoms with Gasteiger partial charge in [0, 0.05) is 30.2 Å². The van der Waals surface area contributed by atoms with Gasteiger partial charge in [0.1, 0.15) is 0 Å². The van der Waals surface area contributed by atoms with Crippen LogP contribution >= 0.6 is 0 Å². The molecule has 5 nitrogen and oxygen atoms in total. The van der Waals surface area contributed by atoms with Crippen molar-refractivity contribution >= 4 is 5.91 Å². The van der Waals surface area contributed by atoms with Crippen molar-refractivity contribution in [3.8, 4) is 0 Å². The van der Waals surface area contributed by atoms with E-state index in [1.54, 1.807) is 6.20 Å². The molecule has 2 fully saturated rings. The molecule has 2 bridgehead atoms. The topological polar surface area (TPSA) is 58.4 Å². The second-order valence-electron chi connectivity index (χ2n) is 6.10. The van der Waals surface area contributed by atoms with Gasteiger partial charge in [0.2, 0.25) is 5.76 Å². The van der Waals surface area contributed by atoms with Crippen molar-refractivity contribution in [3.05, 3.63) is 17.5 Å². The standard InChI is InChI=1S/C15H23N3O2/c1-3-6-18(15(19)14-10(2)9-16-20-14)13-7-11-4-5-12(8-13)17-11/h9,11-13,17H,3-8H2,1-2H3. The second-order valence-corrected chi connectivity index (χ2v) is 6.10. The molecule has 0 aromatic carbocycles. The zero-order valence-electron chi connectivity index (χ0n) is 12.3. The van der Waals surface area contributed by atoms with Gasteiger partial charge in [0.05, 0.1) is 6.20 Å². The minimum atomic E-state index is 0.00755. The average molecular weight is 277 g/mol. The van der Waals surface area contributed by atoms with Crippen LogP contribution in [0.15, 0.2) is 10.7 Å². The van der Waals surface area contributed by atoms with Crippen LogP contribution in [-0.4, -0.2) is 40.6 Å². The molecule has 0 radical (unpaired) electrons. The number of aryl methyl sites for hydroxylation is 1. The van der Waals surface area contributed by atoms with Gasteiger partial charge in [-0.25, -0.2) is 0 Å². The predicted octanol–water partition coefficient (Wildman–Crippen LogP) is 2.12. The van der Waals surface area contributed by atoms with Crippen LogP contribution in [0.1, 0.15) is 55.1 Å². The molecular formula is C15H23N3O2. The summed E-state index contributed by atoms with van der Waals surface area (Å²) in [4.78, 5) is 14.7. The van der Waals surface area contributed by atoms with E-state index in [-0.39, 0.29) is 5.91 Å². The maximum atomic E-state index is 12.7. The highest BCUT2D eigenvalue weighted by molar-refractivity contribution is 5.92. The third kappa shape index (κ3) is 2.46. The molecule has 110 valence electrons. The Kier molecular flexibility index (Phi) is 3.78. The number of fused-ring (bicyclic) bond motifs is 2. The van der Waals surface area contributed by atoms with Crippen LogP contribution < -0.4 is 5.32 Å². The third-order valence-electron chi connectivity index (χ3n) is 4.56. The van der Waals surface area contributed by atoms with Gasteiger partial charge in [-0.15, -0.1) is 0 Å². The highest BCUT2D eigenvalue weighted by atomic mass is 16.5. The fourth-order valence-electron chi connectivity index (χ4n) is 3.60. The van der Waals surface area contributed by atoms with E-state index in [2.05, 4.69) is 17.4 Å². The van der Waals surface area contributed by atoms with E-state index in [1.807, 2.05) is 11.8 Å². The minimum absolute atomic E-state index is 0.00755. The van der Waals surface area contributed by atoms with Crippen LogP contribution in [0.25, 0.3) is 0 Å². The molecule has 0 saturated carbocycles. The molecule has 2 atom stereocenters. The molecule has 2 unspecified atom stereocenters. The largest absolute Gasteiger partial charge is 0.351 e. The van der Waals surface area contributed by atoms with E-state index in [0.29, 0.717) is 23.9 Å². The van der Waals surface area contributed by atoms with Crippen molar-refractivity contribution in [2.75, 3.05) is 6.54 Å². The smallest absolute Gasteiger partial charge is 0.292 e. The van der Waals surface area contributed by atoms with Crippen molar-refractivity contribution in [3.63, 3.8) is 0 Å². The molecule has 0 spiro atoms. The molecule has 3 heterocycles. The fourth-order valence-corrected chi connectivity index (χ4v) is 3.60. The van der Waals surface area contributed by atoms with Crippen LogP contribution in [0.4, 0.5) is 0 Å². The summed E-state index contributed by atoms with van der Waals surface area (Å²) in [6.45, 7) is 4.78. The monoisotopic (exact) mass is 277 g/mol. The number of hydrogen-bond donors (Lipinski definition) is 1. The number of aromatic nitrogens is 1. The lowest BCUT2D eigenvalue weighted by Gasteiger charge is -2.37.